The summed E-state index contributed by atoms with van der Waals surface area (Å²) in [6, 6.07) is 2.92. The number of benzene rings is 1. The van der Waals surface area contributed by atoms with E-state index in [1.807, 2.05) is 6.92 Å². The number of esters is 1. The Morgan fingerprint density at radius 3 is 2.70 bits per heavy atom. The summed E-state index contributed by atoms with van der Waals surface area (Å²) < 4.78 is 22.3. The summed E-state index contributed by atoms with van der Waals surface area (Å²) in [4.78, 5) is 24.8. The van der Waals surface area contributed by atoms with Crippen molar-refractivity contribution in [2.45, 2.75) is 26.9 Å². The zero-order chi connectivity index (χ0) is 19.6. The van der Waals surface area contributed by atoms with Crippen molar-refractivity contribution in [3.63, 3.8) is 0 Å². The molecule has 0 fully saturated rings. The number of rotatable bonds is 7. The summed E-state index contributed by atoms with van der Waals surface area (Å²) >= 11 is 12.5. The van der Waals surface area contributed by atoms with Crippen LogP contribution in [0.5, 0.6) is 11.5 Å². The molecule has 0 saturated heterocycles. The molecule has 10 heteroatoms. The first-order chi connectivity index (χ1) is 13.0. The second-order valence-electron chi connectivity index (χ2n) is 5.37. The molecule has 0 aliphatic carbocycles. The van der Waals surface area contributed by atoms with Gasteiger partial charge in [0.25, 0.3) is 0 Å². The number of carbonyl (C=O) groups is 2. The predicted octanol–water partition coefficient (Wildman–Crippen LogP) is 3.08. The smallest absolute Gasteiger partial charge is 0.389 e. The largest absolute Gasteiger partial charge is 0.460 e. The molecule has 2 aromatic rings. The van der Waals surface area contributed by atoms with Crippen LogP contribution in [-0.4, -0.2) is 41.0 Å². The van der Waals surface area contributed by atoms with Crippen molar-refractivity contribution >= 4 is 35.0 Å². The fourth-order valence-corrected chi connectivity index (χ4v) is 2.91. The van der Waals surface area contributed by atoms with Crippen molar-refractivity contribution in [2.75, 3.05) is 13.2 Å². The number of carbonyl (C=O) groups excluding carboxylic acids is 2. The molecule has 1 unspecified atom stereocenters. The third kappa shape index (κ3) is 3.73. The Bertz CT molecular complexity index is 883. The Morgan fingerprint density at radius 2 is 2.00 bits per heavy atom. The summed E-state index contributed by atoms with van der Waals surface area (Å²) in [6.07, 6.45) is 0.174. The van der Waals surface area contributed by atoms with E-state index in [1.165, 1.54) is 23.0 Å². The molecular weight excluding hydrogens is 399 g/mol. The molecule has 0 saturated carbocycles. The molecule has 144 valence electrons. The molecule has 0 N–H and O–H groups in total. The molecule has 2 heterocycles. The third-order valence-electron chi connectivity index (χ3n) is 3.68. The van der Waals surface area contributed by atoms with E-state index >= 15 is 0 Å². The molecular formula is C17H16Cl2N2O6. The second kappa shape index (κ2) is 8.16. The topological polar surface area (TPSA) is 88.9 Å². The van der Waals surface area contributed by atoms with Crippen LogP contribution in [-0.2, 0) is 21.0 Å². The minimum atomic E-state index is -1.30. The van der Waals surface area contributed by atoms with E-state index in [2.05, 4.69) is 5.10 Å². The van der Waals surface area contributed by atoms with Gasteiger partial charge in [0.05, 0.1) is 11.6 Å². The van der Waals surface area contributed by atoms with Gasteiger partial charge in [0, 0.05) is 18.4 Å². The van der Waals surface area contributed by atoms with Gasteiger partial charge in [-0.1, -0.05) is 23.2 Å². The van der Waals surface area contributed by atoms with Gasteiger partial charge >= 0.3 is 12.3 Å². The molecule has 1 atom stereocenters. The normalized spacial score (nSPS) is 15.0. The van der Waals surface area contributed by atoms with Crippen LogP contribution in [0, 0.1) is 0 Å². The highest BCUT2D eigenvalue weighted by Crippen LogP contribution is 2.47. The maximum atomic E-state index is 12.9. The zero-order valence-corrected chi connectivity index (χ0v) is 16.0. The quantitative estimate of drug-likeness (QED) is 0.507. The van der Waals surface area contributed by atoms with Gasteiger partial charge in [-0.05, 0) is 26.0 Å². The number of fused-ring (bicyclic) bond motifs is 1. The van der Waals surface area contributed by atoms with Crippen LogP contribution in [0.2, 0.25) is 10.0 Å². The molecule has 1 aliphatic heterocycles. The van der Waals surface area contributed by atoms with Gasteiger partial charge in [0.1, 0.15) is 17.4 Å². The maximum Gasteiger partial charge on any atom is 0.389 e. The number of ether oxygens (including phenoxy) is 4. The first kappa shape index (κ1) is 19.5. The number of halogens is 2. The number of ketones is 1. The summed E-state index contributed by atoms with van der Waals surface area (Å²) in [5.41, 5.74) is 0.356. The fourth-order valence-electron chi connectivity index (χ4n) is 2.45. The number of hydrogen-bond donors (Lipinski definition) is 0. The van der Waals surface area contributed by atoms with E-state index in [9.17, 15) is 9.59 Å². The Kier molecular flexibility index (Phi) is 5.88. The Labute approximate surface area is 164 Å². The van der Waals surface area contributed by atoms with Crippen molar-refractivity contribution in [3.8, 4) is 11.5 Å². The van der Waals surface area contributed by atoms with Crippen molar-refractivity contribution < 1.29 is 28.5 Å². The zero-order valence-electron chi connectivity index (χ0n) is 14.5. The summed E-state index contributed by atoms with van der Waals surface area (Å²) in [6.45, 7) is 4.25. The van der Waals surface area contributed by atoms with Crippen LogP contribution < -0.4 is 9.47 Å². The molecule has 27 heavy (non-hydrogen) atoms. The first-order valence-corrected chi connectivity index (χ1v) is 8.89. The van der Waals surface area contributed by atoms with Gasteiger partial charge in [0.15, 0.2) is 11.5 Å². The standard InChI is InChI=1S/C17H16Cl2N2O6/c1-3-24-8-21-10(5-6-20-21)14(22)9-7-11-15(13(19)12(9)18)27-17(26-11)16(23)25-4-2/h5-7,17H,3-4,8H2,1-2H3. The Hall–Kier alpha value is -2.29. The Morgan fingerprint density at radius 1 is 1.22 bits per heavy atom. The van der Waals surface area contributed by atoms with Gasteiger partial charge in [0.2, 0.25) is 5.78 Å². The lowest BCUT2D eigenvalue weighted by Crippen LogP contribution is -2.30. The van der Waals surface area contributed by atoms with Gasteiger partial charge in [-0.3, -0.25) is 4.79 Å². The van der Waals surface area contributed by atoms with E-state index in [0.29, 0.717) is 6.61 Å². The molecule has 0 radical (unpaired) electrons. The molecule has 1 aromatic carbocycles. The average Bonchev–Trinajstić information content (AvgIpc) is 3.29. The fraction of sp³-hybridized carbons (Fsp3) is 0.353. The molecule has 0 bridgehead atoms. The maximum absolute atomic E-state index is 12.9. The van der Waals surface area contributed by atoms with Crippen LogP contribution in [0.15, 0.2) is 18.3 Å². The first-order valence-electron chi connectivity index (χ1n) is 8.14. The highest BCUT2D eigenvalue weighted by atomic mass is 35.5. The monoisotopic (exact) mass is 414 g/mol. The van der Waals surface area contributed by atoms with Crippen molar-refractivity contribution in [2.24, 2.45) is 0 Å². The second-order valence-corrected chi connectivity index (χ2v) is 6.12. The van der Waals surface area contributed by atoms with Crippen LogP contribution in [0.4, 0.5) is 0 Å². The summed E-state index contributed by atoms with van der Waals surface area (Å²) in [5, 5.41) is 4.01. The van der Waals surface area contributed by atoms with E-state index in [4.69, 9.17) is 42.1 Å². The SMILES string of the molecule is CCOCn1nccc1C(=O)c1cc2c(c(Cl)c1Cl)OC(C(=O)OCC)O2. The van der Waals surface area contributed by atoms with Gasteiger partial charge in [-0.2, -0.15) is 5.10 Å². The minimum Gasteiger partial charge on any atom is -0.460 e. The van der Waals surface area contributed by atoms with Gasteiger partial charge < -0.3 is 18.9 Å². The highest BCUT2D eigenvalue weighted by molar-refractivity contribution is 6.45. The number of hydrogen-bond acceptors (Lipinski definition) is 7. The molecule has 8 nitrogen and oxygen atoms in total. The van der Waals surface area contributed by atoms with Crippen molar-refractivity contribution in [3.05, 3.63) is 39.6 Å². The van der Waals surface area contributed by atoms with Crippen LogP contribution in [0.3, 0.4) is 0 Å². The third-order valence-corrected chi connectivity index (χ3v) is 4.53. The predicted molar refractivity (Wildman–Crippen MR) is 95.4 cm³/mol. The lowest BCUT2D eigenvalue weighted by Gasteiger charge is -2.10. The lowest BCUT2D eigenvalue weighted by molar-refractivity contribution is -0.161. The van der Waals surface area contributed by atoms with Gasteiger partial charge in [-0.15, -0.1) is 0 Å². The lowest BCUT2D eigenvalue weighted by atomic mass is 10.1. The Balaban J connectivity index is 1.92. The minimum absolute atomic E-state index is 0.0160. The van der Waals surface area contributed by atoms with Gasteiger partial charge in [-0.25, -0.2) is 9.48 Å². The van der Waals surface area contributed by atoms with Crippen LogP contribution >= 0.6 is 23.2 Å². The van der Waals surface area contributed by atoms with E-state index in [1.54, 1.807) is 6.92 Å². The molecule has 3 rings (SSSR count). The van der Waals surface area contributed by atoms with Crippen molar-refractivity contribution in [1.29, 1.82) is 0 Å². The van der Waals surface area contributed by atoms with E-state index < -0.39 is 18.0 Å². The average molecular weight is 415 g/mol. The van der Waals surface area contributed by atoms with Crippen LogP contribution in [0.1, 0.15) is 29.9 Å². The molecule has 1 aliphatic rings. The summed E-state index contributed by atoms with van der Waals surface area (Å²) in [5.74, 6) is -0.922. The van der Waals surface area contributed by atoms with E-state index in [-0.39, 0.29) is 46.1 Å². The van der Waals surface area contributed by atoms with Crippen molar-refractivity contribution in [1.82, 2.24) is 9.78 Å². The van der Waals surface area contributed by atoms with Crippen LogP contribution in [0.25, 0.3) is 0 Å². The molecule has 0 amide bonds. The summed E-state index contributed by atoms with van der Waals surface area (Å²) in [7, 11) is 0. The number of nitrogens with zero attached hydrogens (tertiary/aromatic N) is 2. The number of aromatic nitrogens is 2. The highest BCUT2D eigenvalue weighted by Gasteiger charge is 2.36. The molecule has 0 spiro atoms. The van der Waals surface area contributed by atoms with E-state index in [0.717, 1.165) is 0 Å². The molecule has 1 aromatic heterocycles.